The number of aliphatic hydroxyl groups is 1. The summed E-state index contributed by atoms with van der Waals surface area (Å²) in [6.45, 7) is 1.58. The van der Waals surface area contributed by atoms with Crippen LogP contribution in [0.15, 0.2) is 36.5 Å². The molecule has 0 unspecified atom stereocenters. The van der Waals surface area contributed by atoms with E-state index in [1.165, 1.54) is 0 Å². The topological polar surface area (TPSA) is 93.1 Å². The third-order valence-corrected chi connectivity index (χ3v) is 6.35. The van der Waals surface area contributed by atoms with Crippen LogP contribution in [-0.2, 0) is 12.6 Å². The van der Waals surface area contributed by atoms with Gasteiger partial charge in [-0.15, -0.1) is 0 Å². The van der Waals surface area contributed by atoms with Crippen LogP contribution in [0.2, 0.25) is 0 Å². The highest BCUT2D eigenvalue weighted by Gasteiger charge is 2.50. The first-order valence-electron chi connectivity index (χ1n) is 9.54. The molecule has 7 nitrogen and oxygen atoms in total. The van der Waals surface area contributed by atoms with Gasteiger partial charge >= 0.3 is 0 Å². The molecule has 0 radical (unpaired) electrons. The fourth-order valence-corrected chi connectivity index (χ4v) is 4.95. The summed E-state index contributed by atoms with van der Waals surface area (Å²) in [5.74, 6) is 1.68. The lowest BCUT2D eigenvalue weighted by Crippen LogP contribution is -2.42. The Labute approximate surface area is 157 Å². The Morgan fingerprint density at radius 2 is 2.00 bits per heavy atom. The summed E-state index contributed by atoms with van der Waals surface area (Å²) in [4.78, 5) is 11.4. The van der Waals surface area contributed by atoms with Crippen molar-refractivity contribution in [2.45, 2.75) is 24.9 Å². The van der Waals surface area contributed by atoms with Crippen molar-refractivity contribution in [2.24, 2.45) is 18.9 Å². The number of hydrogen-bond donors (Lipinski definition) is 2. The molecule has 1 aromatic carbocycles. The molecule has 3 N–H and O–H groups in total. The van der Waals surface area contributed by atoms with Crippen LogP contribution in [0.25, 0.3) is 11.0 Å². The van der Waals surface area contributed by atoms with Gasteiger partial charge in [0.25, 0.3) is 0 Å². The van der Waals surface area contributed by atoms with E-state index in [-0.39, 0.29) is 5.92 Å². The Balaban J connectivity index is 1.50. The highest BCUT2D eigenvalue weighted by atomic mass is 16.3. The summed E-state index contributed by atoms with van der Waals surface area (Å²) in [7, 11) is 1.86. The van der Waals surface area contributed by atoms with Gasteiger partial charge in [-0.05, 0) is 30.7 Å². The predicted molar refractivity (Wildman–Crippen MR) is 104 cm³/mol. The SMILES string of the molecule is Cn1ncc2c(N)nc(N3C[C@@H]4CCC[C@@](O)(c5ccccc5)[C@@H]4C3)nc21. The summed E-state index contributed by atoms with van der Waals surface area (Å²) in [6, 6.07) is 10.1. The summed E-state index contributed by atoms with van der Waals surface area (Å²) >= 11 is 0. The molecule has 2 aromatic heterocycles. The second-order valence-corrected chi connectivity index (χ2v) is 7.87. The average molecular weight is 364 g/mol. The lowest BCUT2D eigenvalue weighted by molar-refractivity contribution is -0.0631. The van der Waals surface area contributed by atoms with Crippen LogP contribution in [0.4, 0.5) is 11.8 Å². The number of fused-ring (bicyclic) bond motifs is 2. The van der Waals surface area contributed by atoms with Crippen LogP contribution in [0.1, 0.15) is 24.8 Å². The van der Waals surface area contributed by atoms with Crippen LogP contribution in [0.5, 0.6) is 0 Å². The number of nitrogen functional groups attached to an aromatic ring is 1. The fraction of sp³-hybridized carbons (Fsp3) is 0.450. The molecule has 1 saturated heterocycles. The standard InChI is InChI=1S/C20H24N6O/c1-25-18-15(10-22-25)17(21)23-19(24-18)26-11-13-6-5-9-20(27,16(13)12-26)14-7-3-2-4-8-14/h2-4,7-8,10,13,16,27H,5-6,9,11-12H2,1H3,(H2,21,23,24)/t13-,16+,20+/m0/s1. The monoisotopic (exact) mass is 364 g/mol. The van der Waals surface area contributed by atoms with Gasteiger partial charge in [-0.2, -0.15) is 15.1 Å². The molecule has 0 amide bonds. The number of aryl methyl sites for hydroxylation is 1. The molecular weight excluding hydrogens is 340 g/mol. The second-order valence-electron chi connectivity index (χ2n) is 7.87. The Kier molecular flexibility index (Phi) is 3.62. The summed E-state index contributed by atoms with van der Waals surface area (Å²) in [5, 5.41) is 16.6. The molecule has 2 aliphatic rings. The molecule has 2 fully saturated rings. The third kappa shape index (κ3) is 2.49. The number of anilines is 2. The first-order valence-corrected chi connectivity index (χ1v) is 9.54. The molecule has 3 heterocycles. The minimum Gasteiger partial charge on any atom is -0.385 e. The lowest BCUT2D eigenvalue weighted by Gasteiger charge is -2.41. The van der Waals surface area contributed by atoms with Crippen molar-refractivity contribution in [3.63, 3.8) is 0 Å². The van der Waals surface area contributed by atoms with E-state index >= 15 is 0 Å². The zero-order valence-corrected chi connectivity index (χ0v) is 15.4. The lowest BCUT2D eigenvalue weighted by atomic mass is 9.67. The van der Waals surface area contributed by atoms with E-state index in [2.05, 4.69) is 15.0 Å². The normalized spacial score (nSPS) is 27.9. The summed E-state index contributed by atoms with van der Waals surface area (Å²) in [5.41, 5.74) is 7.12. The van der Waals surface area contributed by atoms with Crippen LogP contribution >= 0.6 is 0 Å². The molecule has 3 aromatic rings. The summed E-state index contributed by atoms with van der Waals surface area (Å²) < 4.78 is 1.72. The predicted octanol–water partition coefficient (Wildman–Crippen LogP) is 2.07. The van der Waals surface area contributed by atoms with E-state index < -0.39 is 5.60 Å². The maximum absolute atomic E-state index is 11.6. The molecule has 3 atom stereocenters. The van der Waals surface area contributed by atoms with Crippen molar-refractivity contribution in [2.75, 3.05) is 23.7 Å². The second kappa shape index (κ2) is 5.92. The van der Waals surface area contributed by atoms with Gasteiger partial charge in [0.1, 0.15) is 5.82 Å². The third-order valence-electron chi connectivity index (χ3n) is 6.35. The number of nitrogens with two attached hydrogens (primary N) is 1. The summed E-state index contributed by atoms with van der Waals surface area (Å²) in [6.07, 6.45) is 4.66. The maximum Gasteiger partial charge on any atom is 0.229 e. The highest BCUT2D eigenvalue weighted by Crippen LogP contribution is 2.48. The van der Waals surface area contributed by atoms with Crippen molar-refractivity contribution in [1.29, 1.82) is 0 Å². The minimum absolute atomic E-state index is 0.167. The largest absolute Gasteiger partial charge is 0.385 e. The highest BCUT2D eigenvalue weighted by molar-refractivity contribution is 5.86. The van der Waals surface area contributed by atoms with Crippen molar-refractivity contribution in [3.8, 4) is 0 Å². The molecule has 1 aliphatic heterocycles. The molecule has 1 saturated carbocycles. The number of benzene rings is 1. The molecular formula is C20H24N6O. The van der Waals surface area contributed by atoms with Crippen LogP contribution in [0, 0.1) is 11.8 Å². The zero-order valence-electron chi connectivity index (χ0n) is 15.4. The van der Waals surface area contributed by atoms with Crippen molar-refractivity contribution in [1.82, 2.24) is 19.7 Å². The molecule has 5 rings (SSSR count). The Hall–Kier alpha value is -2.67. The number of nitrogens with zero attached hydrogens (tertiary/aromatic N) is 5. The van der Waals surface area contributed by atoms with Crippen molar-refractivity contribution < 1.29 is 5.11 Å². The average Bonchev–Trinajstić information content (AvgIpc) is 3.28. The van der Waals surface area contributed by atoms with Gasteiger partial charge < -0.3 is 15.7 Å². The van der Waals surface area contributed by atoms with Crippen LogP contribution < -0.4 is 10.6 Å². The zero-order chi connectivity index (χ0) is 18.6. The van der Waals surface area contributed by atoms with E-state index in [1.54, 1.807) is 10.9 Å². The van der Waals surface area contributed by atoms with Gasteiger partial charge in [-0.25, -0.2) is 0 Å². The van der Waals surface area contributed by atoms with Crippen molar-refractivity contribution in [3.05, 3.63) is 42.1 Å². The van der Waals surface area contributed by atoms with Gasteiger partial charge in [-0.1, -0.05) is 30.3 Å². The number of aromatic nitrogens is 4. The van der Waals surface area contributed by atoms with Gasteiger partial charge in [-0.3, -0.25) is 4.68 Å². The van der Waals surface area contributed by atoms with Crippen molar-refractivity contribution >= 4 is 22.8 Å². The first kappa shape index (κ1) is 16.5. The van der Waals surface area contributed by atoms with E-state index in [4.69, 9.17) is 10.7 Å². The molecule has 140 valence electrons. The van der Waals surface area contributed by atoms with Gasteiger partial charge in [0.15, 0.2) is 5.65 Å². The Bertz CT molecular complexity index is 987. The van der Waals surface area contributed by atoms with E-state index in [0.29, 0.717) is 17.7 Å². The molecule has 1 aliphatic carbocycles. The fourth-order valence-electron chi connectivity index (χ4n) is 4.95. The van der Waals surface area contributed by atoms with Gasteiger partial charge in [0.2, 0.25) is 5.95 Å². The van der Waals surface area contributed by atoms with Gasteiger partial charge in [0.05, 0.1) is 17.2 Å². The number of rotatable bonds is 2. The quantitative estimate of drug-likeness (QED) is 0.723. The maximum atomic E-state index is 11.6. The molecule has 0 spiro atoms. The van der Waals surface area contributed by atoms with Gasteiger partial charge in [0, 0.05) is 26.1 Å². The minimum atomic E-state index is -0.791. The van der Waals surface area contributed by atoms with E-state index in [1.807, 2.05) is 37.4 Å². The first-order chi connectivity index (χ1) is 13.1. The van der Waals surface area contributed by atoms with Crippen LogP contribution in [-0.4, -0.2) is 37.9 Å². The molecule has 0 bridgehead atoms. The Morgan fingerprint density at radius 3 is 2.81 bits per heavy atom. The Morgan fingerprint density at radius 1 is 1.19 bits per heavy atom. The van der Waals surface area contributed by atoms with E-state index in [9.17, 15) is 5.11 Å². The molecule has 27 heavy (non-hydrogen) atoms. The van der Waals surface area contributed by atoms with E-state index in [0.717, 1.165) is 48.9 Å². The smallest absolute Gasteiger partial charge is 0.229 e. The molecule has 7 heteroatoms. The van der Waals surface area contributed by atoms with Crippen LogP contribution in [0.3, 0.4) is 0 Å². The number of hydrogen-bond acceptors (Lipinski definition) is 6.